The van der Waals surface area contributed by atoms with Crippen LogP contribution in [0.2, 0.25) is 0 Å². The van der Waals surface area contributed by atoms with Gasteiger partial charge in [-0.05, 0) is 25.5 Å². The molecule has 0 bridgehead atoms. The molecule has 3 N–H and O–H groups in total. The van der Waals surface area contributed by atoms with Crippen LogP contribution < -0.4 is 5.32 Å². The van der Waals surface area contributed by atoms with Crippen molar-refractivity contribution in [3.63, 3.8) is 0 Å². The van der Waals surface area contributed by atoms with Crippen molar-refractivity contribution in [1.29, 1.82) is 0 Å². The predicted octanol–water partition coefficient (Wildman–Crippen LogP) is 1.61. The maximum absolute atomic E-state index is 11.4. The first-order valence-electron chi connectivity index (χ1n) is 6.10. The summed E-state index contributed by atoms with van der Waals surface area (Å²) >= 11 is 0. The molecular weight excluding hydrogens is 246 g/mol. The lowest BCUT2D eigenvalue weighted by Gasteiger charge is -2.27. The number of pyridine rings is 1. The van der Waals surface area contributed by atoms with Gasteiger partial charge in [-0.25, -0.2) is 9.78 Å². The first-order valence-corrected chi connectivity index (χ1v) is 6.10. The van der Waals surface area contributed by atoms with Crippen molar-refractivity contribution < 1.29 is 15.0 Å². The average molecular weight is 263 g/mol. The van der Waals surface area contributed by atoms with E-state index in [0.29, 0.717) is 12.1 Å². The van der Waals surface area contributed by atoms with Crippen LogP contribution in [0.15, 0.2) is 24.4 Å². The number of imidazole rings is 1. The van der Waals surface area contributed by atoms with Crippen LogP contribution in [0.5, 0.6) is 0 Å². The van der Waals surface area contributed by atoms with E-state index in [0.717, 1.165) is 0 Å². The monoisotopic (exact) mass is 263 g/mol. The van der Waals surface area contributed by atoms with Crippen LogP contribution in [0.1, 0.15) is 30.8 Å². The van der Waals surface area contributed by atoms with Crippen molar-refractivity contribution in [1.82, 2.24) is 9.38 Å². The number of carboxylic acids is 1. The first kappa shape index (κ1) is 13.4. The highest BCUT2D eigenvalue weighted by molar-refractivity contribution is 5.93. The van der Waals surface area contributed by atoms with Crippen LogP contribution in [-0.4, -0.2) is 37.7 Å². The van der Waals surface area contributed by atoms with Gasteiger partial charge >= 0.3 is 5.97 Å². The number of aromatic nitrogens is 2. The van der Waals surface area contributed by atoms with Gasteiger partial charge in [0.2, 0.25) is 0 Å². The van der Waals surface area contributed by atoms with Crippen LogP contribution in [0.3, 0.4) is 0 Å². The summed E-state index contributed by atoms with van der Waals surface area (Å²) < 4.78 is 1.51. The molecule has 0 spiro atoms. The number of fused-ring (bicyclic) bond motifs is 1. The van der Waals surface area contributed by atoms with E-state index in [2.05, 4.69) is 10.3 Å². The lowest BCUT2D eigenvalue weighted by atomic mass is 10.0. The molecule has 2 rings (SSSR count). The SMILES string of the molecule is CCC(C)(CO)Nc1nc2ccccn2c1C(=O)O. The minimum atomic E-state index is -1.06. The van der Waals surface area contributed by atoms with Crippen molar-refractivity contribution in [3.05, 3.63) is 30.1 Å². The lowest BCUT2D eigenvalue weighted by molar-refractivity contribution is 0.0690. The fourth-order valence-electron chi connectivity index (χ4n) is 1.81. The largest absolute Gasteiger partial charge is 0.476 e. The molecular formula is C13H17N3O3. The van der Waals surface area contributed by atoms with E-state index in [1.807, 2.05) is 13.8 Å². The summed E-state index contributed by atoms with van der Waals surface area (Å²) in [5.41, 5.74) is 0.0322. The summed E-state index contributed by atoms with van der Waals surface area (Å²) in [4.78, 5) is 15.7. The number of aromatic carboxylic acids is 1. The molecule has 2 aromatic heterocycles. The summed E-state index contributed by atoms with van der Waals surface area (Å²) in [6.45, 7) is 3.64. The minimum absolute atomic E-state index is 0.0729. The summed E-state index contributed by atoms with van der Waals surface area (Å²) in [7, 11) is 0. The predicted molar refractivity (Wildman–Crippen MR) is 71.6 cm³/mol. The second kappa shape index (κ2) is 4.89. The van der Waals surface area contributed by atoms with Crippen molar-refractivity contribution in [2.45, 2.75) is 25.8 Å². The van der Waals surface area contributed by atoms with Gasteiger partial charge in [-0.3, -0.25) is 4.40 Å². The third-order valence-electron chi connectivity index (χ3n) is 3.28. The molecule has 2 heterocycles. The Balaban J connectivity index is 2.54. The Kier molecular flexibility index (Phi) is 3.44. The number of aliphatic hydroxyl groups is 1. The maximum atomic E-state index is 11.4. The second-order valence-electron chi connectivity index (χ2n) is 4.74. The molecule has 6 heteroatoms. The van der Waals surface area contributed by atoms with E-state index < -0.39 is 11.5 Å². The van der Waals surface area contributed by atoms with Crippen molar-refractivity contribution in [2.24, 2.45) is 0 Å². The molecule has 0 saturated carbocycles. The third kappa shape index (κ3) is 2.39. The van der Waals surface area contributed by atoms with Gasteiger partial charge in [0.15, 0.2) is 11.5 Å². The molecule has 0 aliphatic heterocycles. The summed E-state index contributed by atoms with van der Waals surface area (Å²) in [5, 5.41) is 21.8. The maximum Gasteiger partial charge on any atom is 0.356 e. The van der Waals surface area contributed by atoms with Crippen molar-refractivity contribution in [2.75, 3.05) is 11.9 Å². The highest BCUT2D eigenvalue weighted by Crippen LogP contribution is 2.23. The van der Waals surface area contributed by atoms with Crippen LogP contribution in [-0.2, 0) is 0 Å². The Morgan fingerprint density at radius 2 is 2.26 bits per heavy atom. The normalized spacial score (nSPS) is 14.3. The van der Waals surface area contributed by atoms with Gasteiger partial charge in [0.25, 0.3) is 0 Å². The van der Waals surface area contributed by atoms with Crippen LogP contribution in [0.25, 0.3) is 5.65 Å². The molecule has 19 heavy (non-hydrogen) atoms. The number of anilines is 1. The number of aliphatic hydroxyl groups excluding tert-OH is 1. The molecule has 6 nitrogen and oxygen atoms in total. The van der Waals surface area contributed by atoms with E-state index in [-0.39, 0.29) is 18.1 Å². The van der Waals surface area contributed by atoms with Gasteiger partial charge in [-0.15, -0.1) is 0 Å². The molecule has 1 unspecified atom stereocenters. The fourth-order valence-corrected chi connectivity index (χ4v) is 1.81. The quantitative estimate of drug-likeness (QED) is 0.762. The van der Waals surface area contributed by atoms with Gasteiger partial charge in [0.05, 0.1) is 12.1 Å². The molecule has 0 aliphatic rings. The van der Waals surface area contributed by atoms with Crippen molar-refractivity contribution in [3.8, 4) is 0 Å². The molecule has 0 aliphatic carbocycles. The average Bonchev–Trinajstić information content (AvgIpc) is 2.76. The van der Waals surface area contributed by atoms with E-state index >= 15 is 0 Å². The van der Waals surface area contributed by atoms with E-state index in [1.165, 1.54) is 4.40 Å². The zero-order chi connectivity index (χ0) is 14.0. The van der Waals surface area contributed by atoms with Crippen molar-refractivity contribution >= 4 is 17.4 Å². The zero-order valence-corrected chi connectivity index (χ0v) is 10.9. The fraction of sp³-hybridized carbons (Fsp3) is 0.385. The van der Waals surface area contributed by atoms with Crippen LogP contribution in [0.4, 0.5) is 5.82 Å². The number of hydrogen-bond acceptors (Lipinski definition) is 4. The van der Waals surface area contributed by atoms with Crippen LogP contribution >= 0.6 is 0 Å². The first-order chi connectivity index (χ1) is 9.00. The molecule has 0 saturated heterocycles. The molecule has 0 aromatic carbocycles. The number of carbonyl (C=O) groups is 1. The number of nitrogens with zero attached hydrogens (tertiary/aromatic N) is 2. The molecule has 0 amide bonds. The highest BCUT2D eigenvalue weighted by Gasteiger charge is 2.26. The Bertz CT molecular complexity index is 602. The van der Waals surface area contributed by atoms with Crippen LogP contribution in [0, 0.1) is 0 Å². The summed E-state index contributed by atoms with van der Waals surface area (Å²) in [5.74, 6) is -0.783. The summed E-state index contributed by atoms with van der Waals surface area (Å²) in [6, 6.07) is 5.28. The standard InChI is InChI=1S/C13H17N3O3/c1-3-13(2,8-17)15-11-10(12(18)19)16-7-5-4-6-9(16)14-11/h4-7,15,17H,3,8H2,1-2H3,(H,18,19). The Labute approximate surface area is 110 Å². The lowest BCUT2D eigenvalue weighted by Crippen LogP contribution is -2.38. The van der Waals surface area contributed by atoms with Gasteiger partial charge in [-0.2, -0.15) is 0 Å². The smallest absolute Gasteiger partial charge is 0.356 e. The number of hydrogen-bond donors (Lipinski definition) is 3. The topological polar surface area (TPSA) is 86.9 Å². The van der Waals surface area contributed by atoms with E-state index in [9.17, 15) is 15.0 Å². The minimum Gasteiger partial charge on any atom is -0.476 e. The Hall–Kier alpha value is -2.08. The second-order valence-corrected chi connectivity index (χ2v) is 4.74. The summed E-state index contributed by atoms with van der Waals surface area (Å²) in [6.07, 6.45) is 2.30. The Morgan fingerprint density at radius 3 is 2.84 bits per heavy atom. The zero-order valence-electron chi connectivity index (χ0n) is 10.9. The van der Waals surface area contributed by atoms with E-state index in [1.54, 1.807) is 24.4 Å². The number of carboxylic acid groups (broad SMARTS) is 1. The van der Waals surface area contributed by atoms with E-state index in [4.69, 9.17) is 0 Å². The molecule has 102 valence electrons. The molecule has 2 aromatic rings. The number of nitrogens with one attached hydrogen (secondary N) is 1. The van der Waals surface area contributed by atoms with Gasteiger partial charge < -0.3 is 15.5 Å². The third-order valence-corrected chi connectivity index (χ3v) is 3.28. The molecule has 0 radical (unpaired) electrons. The van der Waals surface area contributed by atoms with Gasteiger partial charge in [0.1, 0.15) is 5.65 Å². The molecule has 1 atom stereocenters. The van der Waals surface area contributed by atoms with Gasteiger partial charge in [0, 0.05) is 6.20 Å². The van der Waals surface area contributed by atoms with Gasteiger partial charge in [-0.1, -0.05) is 13.0 Å². The highest BCUT2D eigenvalue weighted by atomic mass is 16.4. The molecule has 0 fully saturated rings. The number of rotatable bonds is 5. The Morgan fingerprint density at radius 1 is 1.53 bits per heavy atom.